The van der Waals surface area contributed by atoms with Crippen LogP contribution < -0.4 is 0 Å². The van der Waals surface area contributed by atoms with Crippen LogP contribution in [0.1, 0.15) is 26.2 Å². The zero-order valence-corrected chi connectivity index (χ0v) is 5.11. The summed E-state index contributed by atoms with van der Waals surface area (Å²) in [5.74, 6) is 1.85. The first-order valence-electron chi connectivity index (χ1n) is 3.05. The predicted octanol–water partition coefficient (Wildman–Crippen LogP) is 1.56. The van der Waals surface area contributed by atoms with Crippen LogP contribution in [0, 0.1) is 5.41 Å². The fourth-order valence-electron chi connectivity index (χ4n) is 0.886. The molecule has 1 nitrogen and oxygen atoms in total. The predicted molar refractivity (Wildman–Crippen MR) is 32.2 cm³/mol. The summed E-state index contributed by atoms with van der Waals surface area (Å²) < 4.78 is 0. The molecule has 0 aromatic rings. The van der Waals surface area contributed by atoms with Gasteiger partial charge in [-0.05, 0) is 24.7 Å². The first-order valence-corrected chi connectivity index (χ1v) is 3.05. The van der Waals surface area contributed by atoms with Crippen LogP contribution in [-0.4, -0.2) is 5.94 Å². The molecule has 0 heterocycles. The van der Waals surface area contributed by atoms with Crippen molar-refractivity contribution in [2.45, 2.75) is 26.2 Å². The van der Waals surface area contributed by atoms with Crippen LogP contribution in [0.3, 0.4) is 0 Å². The van der Waals surface area contributed by atoms with E-state index in [-0.39, 0.29) is 0 Å². The smallest absolute Gasteiger partial charge is 0.120 e. The Balaban J connectivity index is 2.53. The molecule has 0 aromatic carbocycles. The van der Waals surface area contributed by atoms with E-state index in [2.05, 4.69) is 6.92 Å². The molecular formula is C7H10O. The second kappa shape index (κ2) is 1.75. The van der Waals surface area contributed by atoms with Crippen LogP contribution in [0.5, 0.6) is 0 Å². The van der Waals surface area contributed by atoms with E-state index in [4.69, 9.17) is 0 Å². The highest BCUT2D eigenvalue weighted by atomic mass is 16.1. The van der Waals surface area contributed by atoms with Crippen LogP contribution in [0.2, 0.25) is 0 Å². The molecule has 1 aliphatic rings. The maximum atomic E-state index is 9.84. The fourth-order valence-corrected chi connectivity index (χ4v) is 0.886. The molecule has 0 aromatic heterocycles. The van der Waals surface area contributed by atoms with Gasteiger partial charge in [-0.3, -0.25) is 0 Å². The van der Waals surface area contributed by atoms with Gasteiger partial charge in [0.2, 0.25) is 0 Å². The lowest BCUT2D eigenvalue weighted by Gasteiger charge is -1.98. The van der Waals surface area contributed by atoms with E-state index in [1.165, 1.54) is 12.8 Å². The Morgan fingerprint density at radius 3 is 2.50 bits per heavy atom. The van der Waals surface area contributed by atoms with Crippen molar-refractivity contribution in [3.05, 3.63) is 6.08 Å². The van der Waals surface area contributed by atoms with Crippen molar-refractivity contribution in [3.63, 3.8) is 0 Å². The molecule has 1 saturated carbocycles. The Morgan fingerprint density at radius 1 is 1.75 bits per heavy atom. The summed E-state index contributed by atoms with van der Waals surface area (Å²) >= 11 is 0. The average Bonchev–Trinajstić information content (AvgIpc) is 2.50. The zero-order chi connectivity index (χ0) is 6.04. The highest BCUT2D eigenvalue weighted by molar-refractivity contribution is 5.48. The molecule has 0 saturated heterocycles. The summed E-state index contributed by atoms with van der Waals surface area (Å²) in [6.07, 6.45) is 5.16. The standard InChI is InChI=1S/C7H10O/c1-2-7(3-4-7)5-6-8/h5H,2-4H2,1H3. The van der Waals surface area contributed by atoms with Gasteiger partial charge in [0.15, 0.2) is 0 Å². The van der Waals surface area contributed by atoms with Crippen molar-refractivity contribution in [2.75, 3.05) is 0 Å². The minimum atomic E-state index is 0.293. The average molecular weight is 110 g/mol. The molecular weight excluding hydrogens is 100 g/mol. The Morgan fingerprint density at radius 2 is 2.38 bits per heavy atom. The second-order valence-electron chi connectivity index (χ2n) is 2.48. The molecule has 0 atom stereocenters. The van der Waals surface area contributed by atoms with Crippen LogP contribution in [-0.2, 0) is 4.79 Å². The Bertz CT molecular complexity index is 127. The maximum Gasteiger partial charge on any atom is 0.120 e. The molecule has 0 radical (unpaired) electrons. The van der Waals surface area contributed by atoms with E-state index in [1.807, 2.05) is 5.94 Å². The van der Waals surface area contributed by atoms with E-state index >= 15 is 0 Å². The minimum absolute atomic E-state index is 0.293. The van der Waals surface area contributed by atoms with Crippen LogP contribution in [0.15, 0.2) is 6.08 Å². The normalized spacial score (nSPS) is 21.6. The lowest BCUT2D eigenvalue weighted by Crippen LogP contribution is -1.90. The minimum Gasteiger partial charge on any atom is -0.234 e. The molecule has 0 aliphatic heterocycles. The summed E-state index contributed by atoms with van der Waals surface area (Å²) in [6.45, 7) is 2.11. The Hall–Kier alpha value is -0.550. The fraction of sp³-hybridized carbons (Fsp3) is 0.714. The van der Waals surface area contributed by atoms with Crippen molar-refractivity contribution in [1.29, 1.82) is 0 Å². The van der Waals surface area contributed by atoms with E-state index in [0.29, 0.717) is 5.41 Å². The summed E-state index contributed by atoms with van der Waals surface area (Å²) in [5.41, 5.74) is 0.293. The van der Waals surface area contributed by atoms with E-state index in [9.17, 15) is 4.79 Å². The van der Waals surface area contributed by atoms with Gasteiger partial charge in [0.1, 0.15) is 5.94 Å². The SMILES string of the molecule is CCC1(C=C=O)CC1. The molecule has 1 rings (SSSR count). The molecule has 0 spiro atoms. The van der Waals surface area contributed by atoms with Crippen molar-refractivity contribution in [1.82, 2.24) is 0 Å². The van der Waals surface area contributed by atoms with Crippen LogP contribution in [0.25, 0.3) is 0 Å². The third-order valence-corrected chi connectivity index (χ3v) is 1.96. The molecule has 0 unspecified atom stereocenters. The molecule has 0 bridgehead atoms. The third kappa shape index (κ3) is 0.823. The van der Waals surface area contributed by atoms with Gasteiger partial charge in [0.25, 0.3) is 0 Å². The molecule has 1 fully saturated rings. The lowest BCUT2D eigenvalue weighted by atomic mass is 10.1. The molecule has 1 heteroatoms. The molecule has 0 amide bonds. The Labute approximate surface area is 49.4 Å². The first-order chi connectivity index (χ1) is 3.83. The summed E-state index contributed by atoms with van der Waals surface area (Å²) in [6, 6.07) is 0. The number of rotatable bonds is 2. The Kier molecular flexibility index (Phi) is 1.22. The number of carbonyl (C=O) groups excluding carboxylic acids is 1. The quantitative estimate of drug-likeness (QED) is 0.493. The summed E-state index contributed by atoms with van der Waals surface area (Å²) in [7, 11) is 0. The molecule has 8 heavy (non-hydrogen) atoms. The van der Waals surface area contributed by atoms with E-state index in [0.717, 1.165) is 6.42 Å². The monoisotopic (exact) mass is 110 g/mol. The van der Waals surface area contributed by atoms with E-state index < -0.39 is 0 Å². The van der Waals surface area contributed by atoms with Gasteiger partial charge >= 0.3 is 0 Å². The van der Waals surface area contributed by atoms with Gasteiger partial charge in [-0.25, -0.2) is 4.79 Å². The summed E-state index contributed by atoms with van der Waals surface area (Å²) in [4.78, 5) is 9.84. The highest BCUT2D eigenvalue weighted by Crippen LogP contribution is 2.49. The highest BCUT2D eigenvalue weighted by Gasteiger charge is 2.38. The molecule has 0 N–H and O–H groups in total. The second-order valence-corrected chi connectivity index (χ2v) is 2.48. The van der Waals surface area contributed by atoms with Crippen molar-refractivity contribution in [2.24, 2.45) is 5.41 Å². The van der Waals surface area contributed by atoms with E-state index in [1.54, 1.807) is 6.08 Å². The zero-order valence-electron chi connectivity index (χ0n) is 5.11. The number of allylic oxidation sites excluding steroid dienone is 1. The first kappa shape index (κ1) is 5.58. The number of hydrogen-bond acceptors (Lipinski definition) is 1. The van der Waals surface area contributed by atoms with Crippen molar-refractivity contribution < 1.29 is 4.79 Å². The van der Waals surface area contributed by atoms with Gasteiger partial charge in [-0.2, -0.15) is 0 Å². The van der Waals surface area contributed by atoms with Gasteiger partial charge in [-0.1, -0.05) is 6.92 Å². The lowest BCUT2D eigenvalue weighted by molar-refractivity contribution is 0.559. The van der Waals surface area contributed by atoms with Gasteiger partial charge in [0, 0.05) is 6.08 Å². The molecule has 44 valence electrons. The maximum absolute atomic E-state index is 9.84. The topological polar surface area (TPSA) is 17.1 Å². The van der Waals surface area contributed by atoms with Crippen LogP contribution in [0.4, 0.5) is 0 Å². The van der Waals surface area contributed by atoms with Crippen molar-refractivity contribution >= 4 is 5.94 Å². The van der Waals surface area contributed by atoms with Gasteiger partial charge < -0.3 is 0 Å². The summed E-state index contributed by atoms with van der Waals surface area (Å²) in [5, 5.41) is 0. The van der Waals surface area contributed by atoms with Gasteiger partial charge in [0.05, 0.1) is 0 Å². The third-order valence-electron chi connectivity index (χ3n) is 1.96. The molecule has 1 aliphatic carbocycles. The largest absolute Gasteiger partial charge is 0.234 e. The van der Waals surface area contributed by atoms with Gasteiger partial charge in [-0.15, -0.1) is 0 Å². The number of hydrogen-bond donors (Lipinski definition) is 0. The van der Waals surface area contributed by atoms with Crippen molar-refractivity contribution in [3.8, 4) is 0 Å². The van der Waals surface area contributed by atoms with Crippen LogP contribution >= 0.6 is 0 Å².